The molecule has 1 rings (SSSR count). The van der Waals surface area contributed by atoms with Crippen LogP contribution < -0.4 is 5.73 Å². The number of nitrogens with zero attached hydrogens (tertiary/aromatic N) is 1. The van der Waals surface area contributed by atoms with Crippen LogP contribution in [0.2, 0.25) is 0 Å². The zero-order valence-corrected chi connectivity index (χ0v) is 12.4. The van der Waals surface area contributed by atoms with E-state index in [2.05, 4.69) is 13.8 Å². The van der Waals surface area contributed by atoms with Crippen molar-refractivity contribution in [3.05, 3.63) is 0 Å². The second-order valence-corrected chi connectivity index (χ2v) is 6.25. The van der Waals surface area contributed by atoms with Crippen molar-refractivity contribution < 1.29 is 14.6 Å². The van der Waals surface area contributed by atoms with Gasteiger partial charge in [-0.1, -0.05) is 13.8 Å². The zero-order valence-electron chi connectivity index (χ0n) is 12.4. The van der Waals surface area contributed by atoms with Crippen molar-refractivity contribution in [2.75, 3.05) is 26.2 Å². The van der Waals surface area contributed by atoms with E-state index in [0.29, 0.717) is 26.1 Å². The molecule has 3 N–H and O–H groups in total. The fourth-order valence-electron chi connectivity index (χ4n) is 2.47. The molecule has 0 radical (unpaired) electrons. The minimum atomic E-state index is -0.246. The van der Waals surface area contributed by atoms with Gasteiger partial charge in [0.2, 0.25) is 5.91 Å². The van der Waals surface area contributed by atoms with Crippen LogP contribution in [0.15, 0.2) is 0 Å². The molecule has 19 heavy (non-hydrogen) atoms. The number of hydrogen-bond acceptors (Lipinski definition) is 4. The highest BCUT2D eigenvalue weighted by Crippen LogP contribution is 2.26. The minimum Gasteiger partial charge on any atom is -0.394 e. The summed E-state index contributed by atoms with van der Waals surface area (Å²) in [6.45, 7) is 7.95. The molecule has 1 aliphatic heterocycles. The van der Waals surface area contributed by atoms with E-state index in [1.807, 2.05) is 11.8 Å². The fourth-order valence-corrected chi connectivity index (χ4v) is 2.47. The highest BCUT2D eigenvalue weighted by Gasteiger charge is 2.28. The van der Waals surface area contributed by atoms with E-state index < -0.39 is 0 Å². The number of nitrogens with two attached hydrogens (primary N) is 1. The maximum Gasteiger partial charge on any atom is 0.222 e. The van der Waals surface area contributed by atoms with Crippen molar-refractivity contribution in [3.63, 3.8) is 0 Å². The fraction of sp³-hybridized carbons (Fsp3) is 0.929. The molecule has 0 aromatic carbocycles. The molecule has 0 aromatic rings. The highest BCUT2D eigenvalue weighted by atomic mass is 16.5. The summed E-state index contributed by atoms with van der Waals surface area (Å²) in [4.78, 5) is 14.0. The molecule has 0 bridgehead atoms. The standard InChI is InChI=1S/C14H28N2O3/c1-11-8-16(9-12(10-17)19-11)13(18)4-5-14(2,3)6-7-15/h11-12,17H,4-10,15H2,1-3H3. The van der Waals surface area contributed by atoms with Crippen molar-refractivity contribution in [2.45, 2.75) is 52.2 Å². The van der Waals surface area contributed by atoms with E-state index >= 15 is 0 Å². The van der Waals surface area contributed by atoms with Gasteiger partial charge in [0.15, 0.2) is 0 Å². The Bertz CT molecular complexity index is 294. The van der Waals surface area contributed by atoms with E-state index in [4.69, 9.17) is 15.6 Å². The van der Waals surface area contributed by atoms with E-state index in [1.54, 1.807) is 0 Å². The second-order valence-electron chi connectivity index (χ2n) is 6.25. The number of hydrogen-bond donors (Lipinski definition) is 2. The molecule has 1 amide bonds. The number of morpholine rings is 1. The summed E-state index contributed by atoms with van der Waals surface area (Å²) >= 11 is 0. The number of carbonyl (C=O) groups is 1. The predicted molar refractivity (Wildman–Crippen MR) is 74.7 cm³/mol. The molecule has 112 valence electrons. The zero-order chi connectivity index (χ0) is 14.5. The summed E-state index contributed by atoms with van der Waals surface area (Å²) in [5, 5.41) is 9.16. The summed E-state index contributed by atoms with van der Waals surface area (Å²) in [5.41, 5.74) is 5.69. The Morgan fingerprint density at radius 1 is 1.42 bits per heavy atom. The third-order valence-corrected chi connectivity index (χ3v) is 3.72. The van der Waals surface area contributed by atoms with E-state index in [0.717, 1.165) is 12.8 Å². The molecule has 5 nitrogen and oxygen atoms in total. The maximum atomic E-state index is 12.2. The molecule has 0 saturated carbocycles. The topological polar surface area (TPSA) is 75.8 Å². The lowest BCUT2D eigenvalue weighted by Gasteiger charge is -2.36. The van der Waals surface area contributed by atoms with Crippen LogP contribution >= 0.6 is 0 Å². The lowest BCUT2D eigenvalue weighted by Crippen LogP contribution is -2.50. The van der Waals surface area contributed by atoms with Gasteiger partial charge in [0.05, 0.1) is 18.8 Å². The molecule has 0 spiro atoms. The first-order valence-electron chi connectivity index (χ1n) is 7.12. The van der Waals surface area contributed by atoms with Crippen LogP contribution in [-0.2, 0) is 9.53 Å². The van der Waals surface area contributed by atoms with Crippen LogP contribution in [0, 0.1) is 5.41 Å². The van der Waals surface area contributed by atoms with Gasteiger partial charge in [-0.2, -0.15) is 0 Å². The average molecular weight is 272 g/mol. The van der Waals surface area contributed by atoms with Crippen LogP contribution in [0.4, 0.5) is 0 Å². The summed E-state index contributed by atoms with van der Waals surface area (Å²) in [6.07, 6.45) is 2.06. The van der Waals surface area contributed by atoms with Gasteiger partial charge in [-0.25, -0.2) is 0 Å². The third kappa shape index (κ3) is 5.47. The molecule has 2 atom stereocenters. The van der Waals surface area contributed by atoms with Gasteiger partial charge in [0, 0.05) is 19.5 Å². The van der Waals surface area contributed by atoms with Gasteiger partial charge in [0.25, 0.3) is 0 Å². The number of ether oxygens (including phenoxy) is 1. The summed E-state index contributed by atoms with van der Waals surface area (Å²) in [5.74, 6) is 0.152. The lowest BCUT2D eigenvalue weighted by atomic mass is 9.84. The quantitative estimate of drug-likeness (QED) is 0.748. The molecule has 2 unspecified atom stereocenters. The predicted octanol–water partition coefficient (Wildman–Crippen LogP) is 0.750. The first kappa shape index (κ1) is 16.4. The summed E-state index contributed by atoms with van der Waals surface area (Å²) in [6, 6.07) is 0. The third-order valence-electron chi connectivity index (χ3n) is 3.72. The van der Waals surface area contributed by atoms with Crippen LogP contribution in [0.25, 0.3) is 0 Å². The van der Waals surface area contributed by atoms with Crippen LogP contribution in [0.1, 0.15) is 40.0 Å². The first-order valence-corrected chi connectivity index (χ1v) is 7.12. The minimum absolute atomic E-state index is 0.00750. The summed E-state index contributed by atoms with van der Waals surface area (Å²) < 4.78 is 5.54. The van der Waals surface area contributed by atoms with Gasteiger partial charge in [-0.05, 0) is 31.7 Å². The number of rotatable bonds is 6. The highest BCUT2D eigenvalue weighted by molar-refractivity contribution is 5.76. The maximum absolute atomic E-state index is 12.2. The molecule has 1 heterocycles. The van der Waals surface area contributed by atoms with Crippen LogP contribution in [0.3, 0.4) is 0 Å². The Hall–Kier alpha value is -0.650. The van der Waals surface area contributed by atoms with E-state index in [9.17, 15) is 4.79 Å². The number of aliphatic hydroxyl groups excluding tert-OH is 1. The van der Waals surface area contributed by atoms with Crippen molar-refractivity contribution in [1.29, 1.82) is 0 Å². The van der Waals surface area contributed by atoms with Gasteiger partial charge in [-0.15, -0.1) is 0 Å². The van der Waals surface area contributed by atoms with Gasteiger partial charge < -0.3 is 20.5 Å². The van der Waals surface area contributed by atoms with Crippen molar-refractivity contribution >= 4 is 5.91 Å². The Morgan fingerprint density at radius 3 is 2.68 bits per heavy atom. The van der Waals surface area contributed by atoms with Gasteiger partial charge in [0.1, 0.15) is 0 Å². The molecular weight excluding hydrogens is 244 g/mol. The SMILES string of the molecule is CC1CN(C(=O)CCC(C)(C)CCN)CC(CO)O1. The van der Waals surface area contributed by atoms with Crippen molar-refractivity contribution in [2.24, 2.45) is 11.1 Å². The smallest absolute Gasteiger partial charge is 0.222 e. The molecule has 1 fully saturated rings. The summed E-state index contributed by atoms with van der Waals surface area (Å²) in [7, 11) is 0. The van der Waals surface area contributed by atoms with Crippen LogP contribution in [-0.4, -0.2) is 54.4 Å². The normalized spacial score (nSPS) is 24.6. The number of amides is 1. The average Bonchev–Trinajstić information content (AvgIpc) is 2.35. The van der Waals surface area contributed by atoms with Crippen molar-refractivity contribution in [3.8, 4) is 0 Å². The molecule has 0 aromatic heterocycles. The molecule has 5 heteroatoms. The van der Waals surface area contributed by atoms with Gasteiger partial charge in [-0.3, -0.25) is 4.79 Å². The molecule has 0 aliphatic carbocycles. The Labute approximate surface area is 116 Å². The monoisotopic (exact) mass is 272 g/mol. The van der Waals surface area contributed by atoms with Gasteiger partial charge >= 0.3 is 0 Å². The van der Waals surface area contributed by atoms with Crippen LogP contribution in [0.5, 0.6) is 0 Å². The van der Waals surface area contributed by atoms with Crippen molar-refractivity contribution in [1.82, 2.24) is 4.90 Å². The lowest BCUT2D eigenvalue weighted by molar-refractivity contribution is -0.147. The second kappa shape index (κ2) is 7.22. The largest absolute Gasteiger partial charge is 0.394 e. The first-order chi connectivity index (χ1) is 8.88. The van der Waals surface area contributed by atoms with E-state index in [1.165, 1.54) is 0 Å². The van der Waals surface area contributed by atoms with E-state index in [-0.39, 0.29) is 30.1 Å². The Balaban J connectivity index is 2.44. The molecule has 1 aliphatic rings. The molecule has 1 saturated heterocycles. The Kier molecular flexibility index (Phi) is 6.23. The Morgan fingerprint density at radius 2 is 2.11 bits per heavy atom. The number of carbonyl (C=O) groups excluding carboxylic acids is 1. The number of aliphatic hydroxyl groups is 1. The molecular formula is C14H28N2O3.